The summed E-state index contributed by atoms with van der Waals surface area (Å²) in [7, 11) is 1.83. The average molecular weight is 245 g/mol. The molecule has 0 spiro atoms. The van der Waals surface area contributed by atoms with Crippen LogP contribution in [0.25, 0.3) is 0 Å². The van der Waals surface area contributed by atoms with E-state index in [1.165, 1.54) is 0 Å². The van der Waals surface area contributed by atoms with Crippen molar-refractivity contribution in [1.29, 1.82) is 5.26 Å². The van der Waals surface area contributed by atoms with Crippen molar-refractivity contribution in [3.63, 3.8) is 0 Å². The molecule has 0 radical (unpaired) electrons. The summed E-state index contributed by atoms with van der Waals surface area (Å²) in [5.41, 5.74) is 1.70. The maximum Gasteiger partial charge on any atom is 0.265 e. The van der Waals surface area contributed by atoms with E-state index in [1.807, 2.05) is 25.2 Å². The molecule has 5 heteroatoms. The second-order valence-corrected chi connectivity index (χ2v) is 4.03. The lowest BCUT2D eigenvalue weighted by atomic mass is 10.2. The van der Waals surface area contributed by atoms with Crippen LogP contribution in [0, 0.1) is 11.3 Å². The summed E-state index contributed by atoms with van der Waals surface area (Å²) in [6.45, 7) is 0.619. The second kappa shape index (κ2) is 5.41. The van der Waals surface area contributed by atoms with Gasteiger partial charge in [-0.05, 0) is 24.6 Å². The SMILES string of the molecule is CNc1ccc2c(c1)N(CCCC#N)C(=O)CO2. The lowest BCUT2D eigenvalue weighted by Crippen LogP contribution is -2.39. The fraction of sp³-hybridized carbons (Fsp3) is 0.385. The standard InChI is InChI=1S/C13H15N3O2/c1-15-10-4-5-12-11(8-10)16(7-3-2-6-14)13(17)9-18-12/h4-5,8,15H,2-3,7,9H2,1H3. The maximum atomic E-state index is 11.8. The van der Waals surface area contributed by atoms with Crippen molar-refractivity contribution >= 4 is 17.3 Å². The molecule has 0 saturated heterocycles. The number of fused-ring (bicyclic) bond motifs is 1. The highest BCUT2D eigenvalue weighted by molar-refractivity contribution is 5.98. The highest BCUT2D eigenvalue weighted by Crippen LogP contribution is 2.34. The molecule has 1 aromatic rings. The van der Waals surface area contributed by atoms with Crippen molar-refractivity contribution in [2.24, 2.45) is 0 Å². The third-order valence-corrected chi connectivity index (χ3v) is 2.86. The first-order chi connectivity index (χ1) is 8.76. The zero-order chi connectivity index (χ0) is 13.0. The van der Waals surface area contributed by atoms with Gasteiger partial charge in [0.25, 0.3) is 5.91 Å². The van der Waals surface area contributed by atoms with Gasteiger partial charge in [-0.25, -0.2) is 0 Å². The first kappa shape index (κ1) is 12.2. The Bertz CT molecular complexity index is 493. The quantitative estimate of drug-likeness (QED) is 0.821. The number of rotatable bonds is 4. The first-order valence-electron chi connectivity index (χ1n) is 5.88. The maximum absolute atomic E-state index is 11.8. The molecule has 0 aromatic heterocycles. The zero-order valence-electron chi connectivity index (χ0n) is 10.3. The molecule has 1 aliphatic heterocycles. The van der Waals surface area contributed by atoms with Crippen LogP contribution in [0.5, 0.6) is 5.75 Å². The monoisotopic (exact) mass is 245 g/mol. The normalized spacial score (nSPS) is 13.6. The van der Waals surface area contributed by atoms with Gasteiger partial charge in [0.05, 0.1) is 11.8 Å². The highest BCUT2D eigenvalue weighted by atomic mass is 16.5. The van der Waals surface area contributed by atoms with Gasteiger partial charge in [0, 0.05) is 25.7 Å². The van der Waals surface area contributed by atoms with E-state index in [1.54, 1.807) is 4.90 Å². The van der Waals surface area contributed by atoms with Gasteiger partial charge in [-0.2, -0.15) is 5.26 Å². The van der Waals surface area contributed by atoms with E-state index in [-0.39, 0.29) is 12.5 Å². The van der Waals surface area contributed by atoms with Crippen LogP contribution >= 0.6 is 0 Å². The van der Waals surface area contributed by atoms with Crippen molar-refractivity contribution in [3.8, 4) is 11.8 Å². The summed E-state index contributed by atoms with van der Waals surface area (Å²) in [4.78, 5) is 13.5. The van der Waals surface area contributed by atoms with Gasteiger partial charge in [-0.3, -0.25) is 4.79 Å². The Labute approximate surface area is 106 Å². The van der Waals surface area contributed by atoms with E-state index in [2.05, 4.69) is 11.4 Å². The first-order valence-corrected chi connectivity index (χ1v) is 5.88. The van der Waals surface area contributed by atoms with E-state index >= 15 is 0 Å². The largest absolute Gasteiger partial charge is 0.482 e. The van der Waals surface area contributed by atoms with E-state index in [0.29, 0.717) is 25.1 Å². The third kappa shape index (κ3) is 2.38. The van der Waals surface area contributed by atoms with Crippen molar-refractivity contribution < 1.29 is 9.53 Å². The third-order valence-electron chi connectivity index (χ3n) is 2.86. The van der Waals surface area contributed by atoms with E-state index in [4.69, 9.17) is 10.00 Å². The lowest BCUT2D eigenvalue weighted by molar-refractivity contribution is -0.121. The summed E-state index contributed by atoms with van der Waals surface area (Å²) < 4.78 is 5.39. The number of nitriles is 1. The van der Waals surface area contributed by atoms with Crippen molar-refractivity contribution in [2.75, 3.05) is 30.4 Å². The van der Waals surface area contributed by atoms with Gasteiger partial charge < -0.3 is 15.0 Å². The fourth-order valence-electron chi connectivity index (χ4n) is 1.92. The van der Waals surface area contributed by atoms with Crippen LogP contribution in [0.2, 0.25) is 0 Å². The van der Waals surface area contributed by atoms with Crippen molar-refractivity contribution in [3.05, 3.63) is 18.2 Å². The molecule has 94 valence electrons. The van der Waals surface area contributed by atoms with Crippen LogP contribution in [0.3, 0.4) is 0 Å². The Hall–Kier alpha value is -2.22. The molecule has 0 unspecified atom stereocenters. The zero-order valence-corrected chi connectivity index (χ0v) is 10.3. The molecule has 18 heavy (non-hydrogen) atoms. The van der Waals surface area contributed by atoms with Crippen LogP contribution in [0.15, 0.2) is 18.2 Å². The number of benzene rings is 1. The van der Waals surface area contributed by atoms with Crippen LogP contribution in [-0.4, -0.2) is 26.1 Å². The Kier molecular flexibility index (Phi) is 3.68. The van der Waals surface area contributed by atoms with Gasteiger partial charge in [0.15, 0.2) is 6.61 Å². The minimum atomic E-state index is -0.0614. The van der Waals surface area contributed by atoms with Gasteiger partial charge in [-0.1, -0.05) is 0 Å². The molecule has 0 fully saturated rings. The molecule has 0 saturated carbocycles. The number of carbonyl (C=O) groups excluding carboxylic acids is 1. The molecule has 1 heterocycles. The molecule has 5 nitrogen and oxygen atoms in total. The molecule has 2 rings (SSSR count). The molecular weight excluding hydrogens is 230 g/mol. The number of carbonyl (C=O) groups is 1. The number of anilines is 2. The van der Waals surface area contributed by atoms with Gasteiger partial charge in [-0.15, -0.1) is 0 Å². The van der Waals surface area contributed by atoms with Crippen LogP contribution in [0.1, 0.15) is 12.8 Å². The fourth-order valence-corrected chi connectivity index (χ4v) is 1.92. The number of ether oxygens (including phenoxy) is 1. The minimum Gasteiger partial charge on any atom is -0.482 e. The molecule has 1 aliphatic rings. The number of nitrogens with one attached hydrogen (secondary N) is 1. The summed E-state index contributed by atoms with van der Waals surface area (Å²) >= 11 is 0. The molecule has 1 N–H and O–H groups in total. The smallest absolute Gasteiger partial charge is 0.265 e. The molecule has 0 atom stereocenters. The summed E-state index contributed by atoms with van der Waals surface area (Å²) in [5.74, 6) is 0.652. The van der Waals surface area contributed by atoms with Crippen molar-refractivity contribution in [1.82, 2.24) is 0 Å². The van der Waals surface area contributed by atoms with E-state index < -0.39 is 0 Å². The highest BCUT2D eigenvalue weighted by Gasteiger charge is 2.25. The van der Waals surface area contributed by atoms with Gasteiger partial charge in [0.2, 0.25) is 0 Å². The number of hydrogen-bond donors (Lipinski definition) is 1. The lowest BCUT2D eigenvalue weighted by Gasteiger charge is -2.29. The van der Waals surface area contributed by atoms with Gasteiger partial charge >= 0.3 is 0 Å². The Morgan fingerprint density at radius 1 is 1.56 bits per heavy atom. The molecule has 0 aliphatic carbocycles. The molecule has 0 bridgehead atoms. The number of hydrogen-bond acceptors (Lipinski definition) is 4. The molecule has 1 amide bonds. The second-order valence-electron chi connectivity index (χ2n) is 4.03. The van der Waals surface area contributed by atoms with Gasteiger partial charge in [0.1, 0.15) is 5.75 Å². The van der Waals surface area contributed by atoms with Crippen molar-refractivity contribution in [2.45, 2.75) is 12.8 Å². The number of nitrogens with zero attached hydrogens (tertiary/aromatic N) is 2. The summed E-state index contributed by atoms with van der Waals surface area (Å²) in [6, 6.07) is 7.73. The Morgan fingerprint density at radius 3 is 3.11 bits per heavy atom. The minimum absolute atomic E-state index is 0.0614. The van der Waals surface area contributed by atoms with Crippen LogP contribution in [0.4, 0.5) is 11.4 Å². The molecule has 1 aromatic carbocycles. The number of unbranched alkanes of at least 4 members (excludes halogenated alkanes) is 1. The Morgan fingerprint density at radius 2 is 2.39 bits per heavy atom. The Balaban J connectivity index is 2.25. The van der Waals surface area contributed by atoms with Crippen LogP contribution in [-0.2, 0) is 4.79 Å². The molecular formula is C13H15N3O2. The summed E-state index contributed by atoms with van der Waals surface area (Å²) in [6.07, 6.45) is 1.12. The van der Waals surface area contributed by atoms with Crippen LogP contribution < -0.4 is 15.0 Å². The topological polar surface area (TPSA) is 65.4 Å². The predicted octanol–water partition coefficient (Wildman–Crippen LogP) is 1.76. The predicted molar refractivity (Wildman–Crippen MR) is 68.7 cm³/mol. The van der Waals surface area contributed by atoms with E-state index in [0.717, 1.165) is 11.4 Å². The van der Waals surface area contributed by atoms with E-state index in [9.17, 15) is 4.79 Å². The summed E-state index contributed by atoms with van der Waals surface area (Å²) in [5, 5.41) is 11.6. The average Bonchev–Trinajstić information content (AvgIpc) is 2.41. The number of amides is 1.